The maximum atomic E-state index is 5.41. The van der Waals surface area contributed by atoms with E-state index in [9.17, 15) is 0 Å². The van der Waals surface area contributed by atoms with E-state index in [4.69, 9.17) is 4.74 Å². The number of fused-ring (bicyclic) bond motifs is 3. The summed E-state index contributed by atoms with van der Waals surface area (Å²) in [6, 6.07) is 8.14. The van der Waals surface area contributed by atoms with E-state index in [1.165, 1.54) is 5.56 Å². The monoisotopic (exact) mass is 215 g/mol. The van der Waals surface area contributed by atoms with Crippen LogP contribution in [0.2, 0.25) is 0 Å². The fraction of sp³-hybridized carbons (Fsp3) is 0.250. The molecule has 0 fully saturated rings. The molecule has 3 rings (SSSR count). The highest BCUT2D eigenvalue weighted by Gasteiger charge is 2.07. The summed E-state index contributed by atoms with van der Waals surface area (Å²) < 4.78 is 7.35. The lowest BCUT2D eigenvalue weighted by Gasteiger charge is -1.97. The quantitative estimate of drug-likeness (QED) is 0.713. The number of aryl methyl sites for hydroxylation is 1. The average molecular weight is 215 g/mol. The number of nitrogens with zero attached hydrogens (tertiary/aromatic N) is 2. The first kappa shape index (κ1) is 9.27. The van der Waals surface area contributed by atoms with Crippen LogP contribution in [-0.2, 0) is 0 Å². The summed E-state index contributed by atoms with van der Waals surface area (Å²) in [4.78, 5) is 4.53. The van der Waals surface area contributed by atoms with Crippen molar-refractivity contribution in [2.45, 2.75) is 13.8 Å². The first-order valence-corrected chi connectivity index (χ1v) is 5.38. The summed E-state index contributed by atoms with van der Waals surface area (Å²) in [5.74, 6) is 0.757. The van der Waals surface area contributed by atoms with Crippen molar-refractivity contribution in [2.75, 3.05) is 6.61 Å². The summed E-state index contributed by atoms with van der Waals surface area (Å²) in [5, 5.41) is 3.17. The second kappa shape index (κ2) is 3.27. The predicted octanol–water partition coefficient (Wildman–Crippen LogP) is 2.52. The number of hydrogen-bond donors (Lipinski definition) is 1. The van der Waals surface area contributed by atoms with E-state index in [-0.39, 0.29) is 0 Å². The number of benzene rings is 1. The van der Waals surface area contributed by atoms with Crippen LogP contribution < -0.4 is 4.74 Å². The molecule has 0 spiro atoms. The molecule has 0 bridgehead atoms. The smallest absolute Gasteiger partial charge is 0.209 e. The van der Waals surface area contributed by atoms with Crippen molar-refractivity contribution < 1.29 is 4.74 Å². The molecule has 0 saturated carbocycles. The minimum atomic E-state index is 0.653. The zero-order chi connectivity index (χ0) is 11.1. The third-order valence-corrected chi connectivity index (χ3v) is 2.62. The van der Waals surface area contributed by atoms with Gasteiger partial charge < -0.3 is 4.74 Å². The third-order valence-electron chi connectivity index (χ3n) is 2.62. The Labute approximate surface area is 92.8 Å². The van der Waals surface area contributed by atoms with Crippen molar-refractivity contribution in [3.63, 3.8) is 0 Å². The van der Waals surface area contributed by atoms with Crippen LogP contribution >= 0.6 is 0 Å². The molecule has 2 heterocycles. The normalized spacial score (nSPS) is 11.4. The van der Waals surface area contributed by atoms with E-state index in [2.05, 4.69) is 35.2 Å². The van der Waals surface area contributed by atoms with Crippen molar-refractivity contribution >= 4 is 16.7 Å². The lowest BCUT2D eigenvalue weighted by Crippen LogP contribution is -1.92. The minimum absolute atomic E-state index is 0.653. The molecule has 0 aliphatic rings. The summed E-state index contributed by atoms with van der Waals surface area (Å²) in [5.41, 5.74) is 4.20. The van der Waals surface area contributed by atoms with E-state index >= 15 is 0 Å². The molecule has 4 nitrogen and oxygen atoms in total. The molecule has 2 aromatic heterocycles. The Morgan fingerprint density at radius 2 is 2.25 bits per heavy atom. The number of aromatic amines is 1. The molecular weight excluding hydrogens is 202 g/mol. The molecule has 0 unspecified atom stereocenters. The summed E-state index contributed by atoms with van der Waals surface area (Å²) in [7, 11) is 0. The first-order valence-electron chi connectivity index (χ1n) is 5.38. The van der Waals surface area contributed by atoms with Crippen LogP contribution in [-0.4, -0.2) is 21.2 Å². The van der Waals surface area contributed by atoms with Gasteiger partial charge in [-0.15, -0.1) is 0 Å². The van der Waals surface area contributed by atoms with Gasteiger partial charge in [0.1, 0.15) is 0 Å². The fourth-order valence-electron chi connectivity index (χ4n) is 1.91. The summed E-state index contributed by atoms with van der Waals surface area (Å²) in [6.45, 7) is 4.69. The van der Waals surface area contributed by atoms with Crippen LogP contribution in [0.4, 0.5) is 0 Å². The number of ether oxygens (including phenoxy) is 1. The number of H-pyrrole nitrogens is 1. The van der Waals surface area contributed by atoms with Gasteiger partial charge in [0.05, 0.1) is 17.6 Å². The number of rotatable bonds is 2. The highest BCUT2D eigenvalue weighted by atomic mass is 16.5. The van der Waals surface area contributed by atoms with Crippen LogP contribution in [0.5, 0.6) is 5.88 Å². The lowest BCUT2D eigenvalue weighted by molar-refractivity contribution is 0.325. The van der Waals surface area contributed by atoms with E-state index in [1.54, 1.807) is 0 Å². The molecule has 4 heteroatoms. The van der Waals surface area contributed by atoms with Gasteiger partial charge in [-0.25, -0.2) is 9.50 Å². The number of nitrogens with one attached hydrogen (secondary N) is 1. The van der Waals surface area contributed by atoms with Crippen molar-refractivity contribution in [2.24, 2.45) is 0 Å². The van der Waals surface area contributed by atoms with Crippen molar-refractivity contribution in [3.05, 3.63) is 29.8 Å². The molecule has 0 saturated heterocycles. The third kappa shape index (κ3) is 1.26. The van der Waals surface area contributed by atoms with Crippen LogP contribution in [0.15, 0.2) is 24.3 Å². The van der Waals surface area contributed by atoms with Gasteiger partial charge in [0, 0.05) is 6.07 Å². The maximum absolute atomic E-state index is 5.41. The lowest BCUT2D eigenvalue weighted by atomic mass is 10.2. The summed E-state index contributed by atoms with van der Waals surface area (Å²) >= 11 is 0. The standard InChI is InChI=1S/C12H13N3O/c1-3-16-12-7-11-13-9-6-8(2)4-5-10(9)15(11)14-12/h4-7,14H,3H2,1-2H3. The molecule has 82 valence electrons. The van der Waals surface area contributed by atoms with Gasteiger partial charge in [-0.3, -0.25) is 5.10 Å². The fourth-order valence-corrected chi connectivity index (χ4v) is 1.91. The van der Waals surface area contributed by atoms with Crippen LogP contribution in [0.3, 0.4) is 0 Å². The maximum Gasteiger partial charge on any atom is 0.209 e. The predicted molar refractivity (Wildman–Crippen MR) is 63.0 cm³/mol. The molecule has 1 N–H and O–H groups in total. The highest BCUT2D eigenvalue weighted by molar-refractivity contribution is 5.80. The molecule has 0 amide bonds. The van der Waals surface area contributed by atoms with Gasteiger partial charge in [0.25, 0.3) is 0 Å². The molecule has 0 radical (unpaired) electrons. The van der Waals surface area contributed by atoms with E-state index in [0.717, 1.165) is 22.6 Å². The Morgan fingerprint density at radius 1 is 1.38 bits per heavy atom. The van der Waals surface area contributed by atoms with Gasteiger partial charge in [0.2, 0.25) is 5.88 Å². The number of hydrogen-bond acceptors (Lipinski definition) is 2. The number of imidazole rings is 1. The van der Waals surface area contributed by atoms with E-state index in [1.807, 2.05) is 17.5 Å². The topological polar surface area (TPSA) is 42.3 Å². The van der Waals surface area contributed by atoms with Crippen molar-refractivity contribution in [3.8, 4) is 5.88 Å². The Morgan fingerprint density at radius 3 is 3.06 bits per heavy atom. The molecule has 0 aliphatic heterocycles. The van der Waals surface area contributed by atoms with Crippen LogP contribution in [0, 0.1) is 6.92 Å². The molecule has 3 aromatic rings. The van der Waals surface area contributed by atoms with Crippen LogP contribution in [0.25, 0.3) is 16.7 Å². The molecule has 16 heavy (non-hydrogen) atoms. The molecule has 0 atom stereocenters. The van der Waals surface area contributed by atoms with Crippen LogP contribution in [0.1, 0.15) is 12.5 Å². The zero-order valence-electron chi connectivity index (χ0n) is 9.32. The van der Waals surface area contributed by atoms with E-state index < -0.39 is 0 Å². The van der Waals surface area contributed by atoms with Gasteiger partial charge in [-0.1, -0.05) is 6.07 Å². The van der Waals surface area contributed by atoms with E-state index in [0.29, 0.717) is 6.61 Å². The van der Waals surface area contributed by atoms with Crippen molar-refractivity contribution in [1.29, 1.82) is 0 Å². The highest BCUT2D eigenvalue weighted by Crippen LogP contribution is 2.20. The Bertz CT molecular complexity index is 651. The Hall–Kier alpha value is -1.97. The SMILES string of the molecule is CCOc1cc2nc3cc(C)ccc3n2[nH]1. The molecular formula is C12H13N3O. The second-order valence-electron chi connectivity index (χ2n) is 3.85. The summed E-state index contributed by atoms with van der Waals surface area (Å²) in [6.07, 6.45) is 0. The Kier molecular flexibility index (Phi) is 1.89. The largest absolute Gasteiger partial charge is 0.478 e. The van der Waals surface area contributed by atoms with Gasteiger partial charge in [-0.2, -0.15) is 0 Å². The van der Waals surface area contributed by atoms with Gasteiger partial charge in [-0.05, 0) is 31.5 Å². The average Bonchev–Trinajstić information content (AvgIpc) is 2.74. The zero-order valence-corrected chi connectivity index (χ0v) is 9.32. The molecule has 0 aliphatic carbocycles. The van der Waals surface area contributed by atoms with Crippen molar-refractivity contribution in [1.82, 2.24) is 14.6 Å². The minimum Gasteiger partial charge on any atom is -0.478 e. The number of aromatic nitrogens is 3. The second-order valence-corrected chi connectivity index (χ2v) is 3.85. The van der Waals surface area contributed by atoms with Gasteiger partial charge in [0.15, 0.2) is 5.65 Å². The first-order chi connectivity index (χ1) is 7.78. The van der Waals surface area contributed by atoms with Gasteiger partial charge >= 0.3 is 0 Å². The molecule has 1 aromatic carbocycles. The Balaban J connectivity index is 2.26.